The molecule has 0 unspecified atom stereocenters. The number of nitrogens with one attached hydrogen (secondary N) is 1. The van der Waals surface area contributed by atoms with Crippen molar-refractivity contribution in [2.24, 2.45) is 0 Å². The highest BCUT2D eigenvalue weighted by Crippen LogP contribution is 2.17. The lowest BCUT2D eigenvalue weighted by Crippen LogP contribution is -2.16. The normalized spacial score (nSPS) is 17.6. The van der Waals surface area contributed by atoms with Crippen LogP contribution in [0.4, 0.5) is 0 Å². The van der Waals surface area contributed by atoms with Crippen LogP contribution in [0.15, 0.2) is 24.3 Å². The van der Waals surface area contributed by atoms with Gasteiger partial charge in [-0.1, -0.05) is 12.1 Å². The molecule has 1 aromatic carbocycles. The van der Waals surface area contributed by atoms with Crippen molar-refractivity contribution >= 4 is 0 Å². The Morgan fingerprint density at radius 3 is 3.17 bits per heavy atom. The van der Waals surface area contributed by atoms with Crippen molar-refractivity contribution < 1.29 is 14.3 Å². The molecule has 66 valence electrons. The Morgan fingerprint density at radius 1 is 1.67 bits per heavy atom. The second-order valence-electron chi connectivity index (χ2n) is 2.49. The smallest absolute Gasteiger partial charge is 0.115 e. The molecular formula is C9H13NO2. The Kier molecular flexibility index (Phi) is 1.90. The standard InChI is InChI=1S/C9H13NO2/c1-10-6-9(12)7-3-2-4-8(11)5-7/h2-5,9-12H,6H2,1H3/t9-/m1/s1/i1D3. The van der Waals surface area contributed by atoms with Crippen LogP contribution in [0, 0.1) is 0 Å². The number of hydrogen-bond donors (Lipinski definition) is 3. The summed E-state index contributed by atoms with van der Waals surface area (Å²) in [6.07, 6.45) is -0.947. The predicted octanol–water partition coefficient (Wildman–Crippen LogP) is 0.645. The third-order valence-corrected chi connectivity index (χ3v) is 1.55. The van der Waals surface area contributed by atoms with Crippen LogP contribution in [0.25, 0.3) is 0 Å². The van der Waals surface area contributed by atoms with Gasteiger partial charge in [-0.2, -0.15) is 0 Å². The van der Waals surface area contributed by atoms with Gasteiger partial charge in [0.2, 0.25) is 0 Å². The van der Waals surface area contributed by atoms with Gasteiger partial charge >= 0.3 is 0 Å². The third-order valence-electron chi connectivity index (χ3n) is 1.55. The van der Waals surface area contributed by atoms with Crippen molar-refractivity contribution in [3.63, 3.8) is 0 Å². The molecule has 0 aliphatic heterocycles. The molecule has 0 saturated heterocycles. The maximum Gasteiger partial charge on any atom is 0.115 e. The van der Waals surface area contributed by atoms with E-state index in [0.717, 1.165) is 0 Å². The first-order chi connectivity index (χ1) is 6.88. The summed E-state index contributed by atoms with van der Waals surface area (Å²) in [5.41, 5.74) is 0.478. The van der Waals surface area contributed by atoms with E-state index in [1.165, 1.54) is 12.1 Å². The molecular weight excluding hydrogens is 154 g/mol. The number of aliphatic hydroxyl groups is 1. The van der Waals surface area contributed by atoms with E-state index in [0.29, 0.717) is 5.56 Å². The first kappa shape index (κ1) is 5.56. The minimum Gasteiger partial charge on any atom is -0.508 e. The number of aromatic hydroxyl groups is 1. The van der Waals surface area contributed by atoms with Crippen LogP contribution >= 0.6 is 0 Å². The van der Waals surface area contributed by atoms with E-state index >= 15 is 0 Å². The van der Waals surface area contributed by atoms with Crippen LogP contribution in [0.2, 0.25) is 0 Å². The second kappa shape index (κ2) is 4.09. The average molecular weight is 170 g/mol. The average Bonchev–Trinajstić information content (AvgIpc) is 2.13. The van der Waals surface area contributed by atoms with Gasteiger partial charge in [-0.25, -0.2) is 0 Å². The van der Waals surface area contributed by atoms with Gasteiger partial charge in [0.1, 0.15) is 5.75 Å². The van der Waals surface area contributed by atoms with E-state index < -0.39 is 13.1 Å². The van der Waals surface area contributed by atoms with E-state index in [2.05, 4.69) is 5.32 Å². The van der Waals surface area contributed by atoms with Gasteiger partial charge in [-0.05, 0) is 24.7 Å². The molecule has 3 nitrogen and oxygen atoms in total. The summed E-state index contributed by atoms with van der Waals surface area (Å²) in [5, 5.41) is 20.9. The van der Waals surface area contributed by atoms with Crippen LogP contribution in [-0.4, -0.2) is 23.7 Å². The molecule has 0 heterocycles. The van der Waals surface area contributed by atoms with E-state index in [9.17, 15) is 5.11 Å². The molecule has 0 aliphatic carbocycles. The summed E-state index contributed by atoms with van der Waals surface area (Å²) in [5.74, 6) is 0.0421. The summed E-state index contributed by atoms with van der Waals surface area (Å²) in [6.45, 7) is -2.35. The van der Waals surface area contributed by atoms with Crippen molar-refractivity contribution in [1.29, 1.82) is 0 Å². The van der Waals surface area contributed by atoms with Crippen molar-refractivity contribution in [2.45, 2.75) is 6.10 Å². The van der Waals surface area contributed by atoms with Gasteiger partial charge in [-0.3, -0.25) is 0 Å². The number of likely N-dealkylation sites (N-methyl/N-ethyl adjacent to an activating group) is 1. The molecule has 0 amide bonds. The highest BCUT2D eigenvalue weighted by molar-refractivity contribution is 5.28. The molecule has 0 bridgehead atoms. The maximum atomic E-state index is 9.58. The molecule has 0 saturated carbocycles. The summed E-state index contributed by atoms with van der Waals surface area (Å²) in [4.78, 5) is 0. The molecule has 0 aromatic heterocycles. The number of hydrogen-bond acceptors (Lipinski definition) is 3. The number of phenolic OH excluding ortho intramolecular Hbond substituents is 1. The maximum absolute atomic E-state index is 9.58. The van der Waals surface area contributed by atoms with Gasteiger partial charge in [0, 0.05) is 10.7 Å². The van der Waals surface area contributed by atoms with Crippen molar-refractivity contribution in [1.82, 2.24) is 5.32 Å². The molecule has 0 aliphatic rings. The Hall–Kier alpha value is -1.06. The van der Waals surface area contributed by atoms with Gasteiger partial charge in [0.25, 0.3) is 0 Å². The van der Waals surface area contributed by atoms with Gasteiger partial charge in [0.15, 0.2) is 0 Å². The fourth-order valence-electron chi connectivity index (χ4n) is 0.947. The van der Waals surface area contributed by atoms with Crippen LogP contribution in [-0.2, 0) is 0 Å². The Bertz CT molecular complexity index is 327. The quantitative estimate of drug-likeness (QED) is 0.624. The minimum atomic E-state index is -2.27. The van der Waals surface area contributed by atoms with Crippen molar-refractivity contribution in [3.8, 4) is 5.75 Å². The zero-order chi connectivity index (χ0) is 11.5. The summed E-state index contributed by atoms with van der Waals surface area (Å²) >= 11 is 0. The first-order valence-corrected chi connectivity index (χ1v) is 3.60. The molecule has 1 rings (SSSR count). The molecule has 1 atom stereocenters. The van der Waals surface area contributed by atoms with Gasteiger partial charge < -0.3 is 15.5 Å². The van der Waals surface area contributed by atoms with Gasteiger partial charge in [-0.15, -0.1) is 0 Å². The van der Waals surface area contributed by atoms with E-state index in [1.807, 2.05) is 0 Å². The zero-order valence-corrected chi connectivity index (χ0v) is 6.49. The van der Waals surface area contributed by atoms with Gasteiger partial charge in [0.05, 0.1) is 6.10 Å². The number of phenols is 1. The topological polar surface area (TPSA) is 52.5 Å². The minimum absolute atomic E-state index is 0.0421. The van der Waals surface area contributed by atoms with Crippen LogP contribution in [0.3, 0.4) is 0 Å². The third kappa shape index (κ3) is 2.22. The fraction of sp³-hybridized carbons (Fsp3) is 0.333. The lowest BCUT2D eigenvalue weighted by molar-refractivity contribution is 0.177. The SMILES string of the molecule is [2H]C([2H])([2H])NC[C@@H](O)c1cccc(O)c1. The van der Waals surface area contributed by atoms with Crippen LogP contribution in [0.5, 0.6) is 5.75 Å². The molecule has 3 heteroatoms. The number of rotatable bonds is 3. The lowest BCUT2D eigenvalue weighted by Gasteiger charge is -2.09. The summed E-state index contributed by atoms with van der Waals surface area (Å²) < 4.78 is 20.7. The summed E-state index contributed by atoms with van der Waals surface area (Å²) in [6, 6.07) is 6.08. The molecule has 0 spiro atoms. The number of aliphatic hydroxyl groups excluding tert-OH is 1. The van der Waals surface area contributed by atoms with Crippen LogP contribution < -0.4 is 5.32 Å². The highest BCUT2D eigenvalue weighted by Gasteiger charge is 2.05. The molecule has 0 radical (unpaired) electrons. The zero-order valence-electron chi connectivity index (χ0n) is 9.49. The molecule has 1 aromatic rings. The van der Waals surface area contributed by atoms with Crippen molar-refractivity contribution in [2.75, 3.05) is 13.5 Å². The van der Waals surface area contributed by atoms with E-state index in [1.54, 1.807) is 12.1 Å². The fourth-order valence-corrected chi connectivity index (χ4v) is 0.947. The van der Waals surface area contributed by atoms with E-state index in [-0.39, 0.29) is 12.3 Å². The molecule has 0 fully saturated rings. The Morgan fingerprint density at radius 2 is 2.50 bits per heavy atom. The van der Waals surface area contributed by atoms with E-state index in [4.69, 9.17) is 9.22 Å². The number of benzene rings is 1. The second-order valence-corrected chi connectivity index (χ2v) is 2.49. The van der Waals surface area contributed by atoms with Crippen LogP contribution in [0.1, 0.15) is 15.8 Å². The largest absolute Gasteiger partial charge is 0.508 e. The Balaban J connectivity index is 2.58. The predicted molar refractivity (Wildman–Crippen MR) is 47.0 cm³/mol. The highest BCUT2D eigenvalue weighted by atomic mass is 16.3. The molecule has 3 N–H and O–H groups in total. The Labute approximate surface area is 75.9 Å². The molecule has 12 heavy (non-hydrogen) atoms. The monoisotopic (exact) mass is 170 g/mol. The first-order valence-electron chi connectivity index (χ1n) is 5.10. The van der Waals surface area contributed by atoms with Crippen molar-refractivity contribution in [3.05, 3.63) is 29.8 Å². The summed E-state index contributed by atoms with van der Waals surface area (Å²) in [7, 11) is 0. The lowest BCUT2D eigenvalue weighted by atomic mass is 10.1.